The van der Waals surface area contributed by atoms with Crippen molar-refractivity contribution in [3.8, 4) is 0 Å². The summed E-state index contributed by atoms with van der Waals surface area (Å²) < 4.78 is 0. The smallest absolute Gasteiger partial charge is 0.512 e. The van der Waals surface area contributed by atoms with Gasteiger partial charge in [-0.2, -0.15) is 0 Å². The molecule has 0 aromatic carbocycles. The molecule has 0 atom stereocenters. The number of nitrogens with zero attached hydrogens (tertiary/aromatic N) is 3. The summed E-state index contributed by atoms with van der Waals surface area (Å²) in [7, 11) is 0. The Morgan fingerprint density at radius 1 is 0.625 bits per heavy atom. The van der Waals surface area contributed by atoms with E-state index in [9.17, 15) is 0 Å². The zero-order chi connectivity index (χ0) is 6.00. The van der Waals surface area contributed by atoms with Crippen molar-refractivity contribution in [2.45, 2.75) is 0 Å². The molecule has 0 aliphatic heterocycles. The zero-order valence-electron chi connectivity index (χ0n) is 4.20. The van der Waals surface area contributed by atoms with Crippen LogP contribution in [0, 0.1) is 35.5 Å². The van der Waals surface area contributed by atoms with Crippen LogP contribution in [0.25, 0.3) is 0 Å². The Labute approximate surface area is 102 Å². The molecule has 0 fully saturated rings. The summed E-state index contributed by atoms with van der Waals surface area (Å²) in [4.78, 5) is 0. The predicted molar refractivity (Wildman–Crippen MR) is 20.7 cm³/mol. The minimum atomic E-state index is 0. The molecular weight excluding hydrogens is 173 g/mol. The second-order valence-electron chi connectivity index (χ2n) is 0. The van der Waals surface area contributed by atoms with Crippen molar-refractivity contribution in [3.63, 3.8) is 0 Å². The summed E-state index contributed by atoms with van der Waals surface area (Å²) in [6.07, 6.45) is 0. The molecule has 0 bridgehead atoms. The fourth-order valence-corrected chi connectivity index (χ4v) is 0. The maximum Gasteiger partial charge on any atom is 3.00 e. The van der Waals surface area contributed by atoms with Crippen molar-refractivity contribution in [1.29, 1.82) is 15.8 Å². The van der Waals surface area contributed by atoms with E-state index < -0.39 is 0 Å². The van der Waals surface area contributed by atoms with Gasteiger partial charge in [0.05, 0.1) is 0 Å². The van der Waals surface area contributed by atoms with Gasteiger partial charge >= 0.3 is 17.1 Å². The minimum Gasteiger partial charge on any atom is -0.512 e. The Morgan fingerprint density at radius 2 is 0.625 bits per heavy atom. The monoisotopic (exact) mass is 173 g/mol. The third-order valence-corrected chi connectivity index (χ3v) is 0. The molecule has 0 aliphatic carbocycles. The van der Waals surface area contributed by atoms with E-state index in [1.807, 2.05) is 0 Å². The molecule has 0 amide bonds. The topological polar surface area (TPSA) is 71.4 Å². The summed E-state index contributed by atoms with van der Waals surface area (Å²) in [6, 6.07) is 0. The summed E-state index contributed by atoms with van der Waals surface area (Å²) in [5.41, 5.74) is 0. The van der Waals surface area contributed by atoms with Crippen LogP contribution >= 0.6 is 0 Å². The SMILES string of the molecule is [C-]#N.[C-]#N.[C-]#N.[Fe+3].[K]. The van der Waals surface area contributed by atoms with Gasteiger partial charge < -0.3 is 35.5 Å². The maximum atomic E-state index is 6.25. The van der Waals surface area contributed by atoms with Gasteiger partial charge in [-0.15, -0.1) is 0 Å². The van der Waals surface area contributed by atoms with Gasteiger partial charge in [0.25, 0.3) is 0 Å². The van der Waals surface area contributed by atoms with Gasteiger partial charge in [-0.25, -0.2) is 0 Å². The number of hydrogen-bond acceptors (Lipinski definition) is 3. The fourth-order valence-electron chi connectivity index (χ4n) is 0. The second-order valence-corrected chi connectivity index (χ2v) is 0. The van der Waals surface area contributed by atoms with Crippen LogP contribution in [0.3, 0.4) is 0 Å². The Kier molecular flexibility index (Phi) is 4080. The molecule has 0 aromatic heterocycles. The quantitative estimate of drug-likeness (QED) is 0.379. The first kappa shape index (κ1) is 38.2. The van der Waals surface area contributed by atoms with Crippen LogP contribution in [-0.2, 0) is 17.1 Å². The Bertz CT molecular complexity index is 43.0. The Morgan fingerprint density at radius 3 is 0.625 bits per heavy atom. The van der Waals surface area contributed by atoms with Crippen LogP contribution in [0.2, 0.25) is 0 Å². The van der Waals surface area contributed by atoms with Gasteiger partial charge in [-0.1, -0.05) is 0 Å². The van der Waals surface area contributed by atoms with E-state index in [0.717, 1.165) is 0 Å². The molecule has 0 N–H and O–H groups in total. The van der Waals surface area contributed by atoms with Gasteiger partial charge in [-0.3, -0.25) is 0 Å². The van der Waals surface area contributed by atoms with E-state index in [0.29, 0.717) is 0 Å². The summed E-state index contributed by atoms with van der Waals surface area (Å²) in [5, 5.41) is 18.8. The van der Waals surface area contributed by atoms with E-state index in [1.54, 1.807) is 0 Å². The average Bonchev–Trinajstić information content (AvgIpc) is 1.81. The van der Waals surface area contributed by atoms with Crippen molar-refractivity contribution in [3.05, 3.63) is 19.7 Å². The van der Waals surface area contributed by atoms with Gasteiger partial charge in [0, 0.05) is 51.4 Å². The molecular formula is C3FeKN3. The molecule has 0 spiro atoms. The zero-order valence-corrected chi connectivity index (χ0v) is 8.42. The van der Waals surface area contributed by atoms with Gasteiger partial charge in [0.2, 0.25) is 0 Å². The van der Waals surface area contributed by atoms with Gasteiger partial charge in [0.1, 0.15) is 0 Å². The van der Waals surface area contributed by atoms with E-state index >= 15 is 0 Å². The molecule has 0 saturated heterocycles. The van der Waals surface area contributed by atoms with Crippen LogP contribution in [0.1, 0.15) is 0 Å². The fraction of sp³-hybridized carbons (Fsp3) is 0. The van der Waals surface area contributed by atoms with E-state index in [-0.39, 0.29) is 68.5 Å². The largest absolute Gasteiger partial charge is 3.00 e. The van der Waals surface area contributed by atoms with Crippen LogP contribution in [0.15, 0.2) is 0 Å². The molecule has 0 saturated carbocycles. The number of rotatable bonds is 0. The van der Waals surface area contributed by atoms with Crippen molar-refractivity contribution >= 4 is 51.4 Å². The molecule has 0 heterocycles. The molecule has 8 heavy (non-hydrogen) atoms. The van der Waals surface area contributed by atoms with E-state index in [4.69, 9.17) is 35.5 Å². The van der Waals surface area contributed by atoms with Crippen LogP contribution < -0.4 is 0 Å². The maximum absolute atomic E-state index is 6.25. The normalized spacial score (nSPS) is 0.750. The van der Waals surface area contributed by atoms with Gasteiger partial charge in [-0.05, 0) is 0 Å². The van der Waals surface area contributed by atoms with Crippen LogP contribution in [0.5, 0.6) is 0 Å². The predicted octanol–water partition coefficient (Wildman–Crippen LogP) is -0.0942. The third-order valence-electron chi connectivity index (χ3n) is 0. The summed E-state index contributed by atoms with van der Waals surface area (Å²) in [6.45, 7) is 14.2. The summed E-state index contributed by atoms with van der Waals surface area (Å²) >= 11 is 0. The average molecular weight is 173 g/mol. The van der Waals surface area contributed by atoms with Crippen LogP contribution in [0.4, 0.5) is 0 Å². The minimum absolute atomic E-state index is 0. The van der Waals surface area contributed by atoms with Crippen molar-refractivity contribution in [1.82, 2.24) is 0 Å². The summed E-state index contributed by atoms with van der Waals surface area (Å²) in [5.74, 6) is 0. The number of hydrogen-bond donors (Lipinski definition) is 0. The molecule has 0 rings (SSSR count). The third kappa shape index (κ3) is 535. The van der Waals surface area contributed by atoms with Crippen molar-refractivity contribution in [2.75, 3.05) is 0 Å². The van der Waals surface area contributed by atoms with Gasteiger partial charge in [0.15, 0.2) is 0 Å². The molecule has 5 heteroatoms. The van der Waals surface area contributed by atoms with Crippen LogP contribution in [-0.4, -0.2) is 51.4 Å². The van der Waals surface area contributed by atoms with E-state index in [2.05, 4.69) is 0 Å². The first-order valence-corrected chi connectivity index (χ1v) is 0.671. The molecule has 0 unspecified atom stereocenters. The Balaban J connectivity index is -0.00000000500. The first-order chi connectivity index (χ1) is 3.00. The standard InChI is InChI=1S/3CN.Fe.K/c3*1-2;;/q3*-1;+3;. The second kappa shape index (κ2) is 855. The molecule has 0 aromatic rings. The van der Waals surface area contributed by atoms with E-state index in [1.165, 1.54) is 0 Å². The molecule has 36 valence electrons. The molecule has 2 radical (unpaired) electrons. The molecule has 3 nitrogen and oxygen atoms in total. The molecule has 0 aliphatic rings. The van der Waals surface area contributed by atoms with Crippen molar-refractivity contribution in [2.24, 2.45) is 0 Å². The van der Waals surface area contributed by atoms with Crippen molar-refractivity contribution < 1.29 is 17.1 Å². The first-order valence-electron chi connectivity index (χ1n) is 0.671. The Hall–Kier alpha value is 0.626.